The van der Waals surface area contributed by atoms with E-state index in [-0.39, 0.29) is 0 Å². The number of methoxy groups -OCH3 is 1. The molecule has 10 heavy (non-hydrogen) atoms. The van der Waals surface area contributed by atoms with Crippen LogP contribution in [0.2, 0.25) is 5.28 Å². The van der Waals surface area contributed by atoms with E-state index in [4.69, 9.17) is 16.3 Å². The van der Waals surface area contributed by atoms with Gasteiger partial charge in [-0.1, -0.05) is 0 Å². The van der Waals surface area contributed by atoms with Gasteiger partial charge in [0, 0.05) is 7.11 Å². The van der Waals surface area contributed by atoms with Gasteiger partial charge >= 0.3 is 0 Å². The van der Waals surface area contributed by atoms with E-state index in [1.165, 1.54) is 4.68 Å². The van der Waals surface area contributed by atoms with Crippen LogP contribution in [0.1, 0.15) is 5.82 Å². The van der Waals surface area contributed by atoms with Gasteiger partial charge in [0.25, 0.3) is 0 Å². The van der Waals surface area contributed by atoms with E-state index in [0.717, 1.165) is 0 Å². The molecule has 0 aliphatic heterocycles. The van der Waals surface area contributed by atoms with E-state index in [9.17, 15) is 0 Å². The third-order valence-electron chi connectivity index (χ3n) is 0.984. The van der Waals surface area contributed by atoms with Crippen LogP contribution in [0.4, 0.5) is 0 Å². The van der Waals surface area contributed by atoms with Crippen LogP contribution in [0.15, 0.2) is 0 Å². The maximum absolute atomic E-state index is 5.63. The van der Waals surface area contributed by atoms with E-state index in [1.54, 1.807) is 14.0 Å². The van der Waals surface area contributed by atoms with Gasteiger partial charge < -0.3 is 4.74 Å². The Balaban J connectivity index is 2.81. The zero-order chi connectivity index (χ0) is 7.56. The number of hydrogen-bond donors (Lipinski definition) is 0. The maximum atomic E-state index is 5.63. The smallest absolute Gasteiger partial charge is 0.223 e. The molecule has 0 fully saturated rings. The Hall–Kier alpha value is -0.610. The number of nitrogens with zero attached hydrogens (tertiary/aromatic N) is 3. The number of rotatable bonds is 2. The second-order valence-electron chi connectivity index (χ2n) is 1.85. The second kappa shape index (κ2) is 2.98. The predicted molar refractivity (Wildman–Crippen MR) is 36.8 cm³/mol. The molecular weight excluding hydrogens is 154 g/mol. The van der Waals surface area contributed by atoms with Crippen molar-refractivity contribution in [1.82, 2.24) is 14.8 Å². The molecule has 4 nitrogen and oxygen atoms in total. The van der Waals surface area contributed by atoms with Gasteiger partial charge in [-0.3, -0.25) is 0 Å². The van der Waals surface area contributed by atoms with E-state index in [0.29, 0.717) is 17.8 Å². The minimum Gasteiger partial charge on any atom is -0.362 e. The Kier molecular flexibility index (Phi) is 2.24. The van der Waals surface area contributed by atoms with Crippen LogP contribution in [0.25, 0.3) is 0 Å². The quantitative estimate of drug-likeness (QED) is 0.646. The standard InChI is InChI=1S/C5H8ClN3O/c1-4-7-5(6)9(8-4)3-10-2/h3H2,1-2H3. The number of halogens is 1. The highest BCUT2D eigenvalue weighted by Crippen LogP contribution is 2.03. The molecular formula is C5H8ClN3O. The first-order valence-corrected chi connectivity index (χ1v) is 3.17. The van der Waals surface area contributed by atoms with Crippen molar-refractivity contribution < 1.29 is 4.74 Å². The van der Waals surface area contributed by atoms with Gasteiger partial charge in [-0.05, 0) is 18.5 Å². The van der Waals surface area contributed by atoms with E-state index >= 15 is 0 Å². The molecule has 1 aromatic heterocycles. The fourth-order valence-corrected chi connectivity index (χ4v) is 0.843. The lowest BCUT2D eigenvalue weighted by Gasteiger charge is -1.96. The van der Waals surface area contributed by atoms with Crippen molar-refractivity contribution in [3.8, 4) is 0 Å². The molecule has 0 saturated heterocycles. The summed E-state index contributed by atoms with van der Waals surface area (Å²) in [4.78, 5) is 3.87. The Labute approximate surface area is 63.8 Å². The molecule has 0 aliphatic carbocycles. The second-order valence-corrected chi connectivity index (χ2v) is 2.18. The van der Waals surface area contributed by atoms with Crippen LogP contribution in [0.5, 0.6) is 0 Å². The molecule has 56 valence electrons. The molecule has 0 amide bonds. The lowest BCUT2D eigenvalue weighted by molar-refractivity contribution is 0.120. The fraction of sp³-hybridized carbons (Fsp3) is 0.600. The zero-order valence-electron chi connectivity index (χ0n) is 5.83. The SMILES string of the molecule is COCn1nc(C)nc1Cl. The van der Waals surface area contributed by atoms with Gasteiger partial charge in [0.15, 0.2) is 0 Å². The minimum absolute atomic E-state index is 0.347. The first-order chi connectivity index (χ1) is 4.74. The summed E-state index contributed by atoms with van der Waals surface area (Å²) in [6, 6.07) is 0. The van der Waals surface area contributed by atoms with Gasteiger partial charge in [0.2, 0.25) is 5.28 Å². The summed E-state index contributed by atoms with van der Waals surface area (Å²) < 4.78 is 6.28. The molecule has 0 saturated carbocycles. The van der Waals surface area contributed by atoms with E-state index < -0.39 is 0 Å². The molecule has 1 heterocycles. The van der Waals surface area contributed by atoms with Crippen molar-refractivity contribution in [1.29, 1.82) is 0 Å². The van der Waals surface area contributed by atoms with Crippen molar-refractivity contribution in [2.45, 2.75) is 13.7 Å². The molecule has 0 radical (unpaired) electrons. The number of ether oxygens (including phenoxy) is 1. The van der Waals surface area contributed by atoms with Crippen molar-refractivity contribution in [2.75, 3.05) is 7.11 Å². The summed E-state index contributed by atoms with van der Waals surface area (Å²) >= 11 is 5.63. The van der Waals surface area contributed by atoms with Crippen LogP contribution < -0.4 is 0 Å². The average molecular weight is 162 g/mol. The summed E-state index contributed by atoms with van der Waals surface area (Å²) in [6.07, 6.45) is 0. The first-order valence-electron chi connectivity index (χ1n) is 2.80. The molecule has 0 bridgehead atoms. The Morgan fingerprint density at radius 1 is 1.70 bits per heavy atom. The van der Waals surface area contributed by atoms with Crippen molar-refractivity contribution >= 4 is 11.6 Å². The van der Waals surface area contributed by atoms with Crippen LogP contribution in [-0.4, -0.2) is 21.9 Å². The normalized spacial score (nSPS) is 10.3. The zero-order valence-corrected chi connectivity index (χ0v) is 6.59. The van der Waals surface area contributed by atoms with Crippen LogP contribution in [0.3, 0.4) is 0 Å². The summed E-state index contributed by atoms with van der Waals surface area (Å²) in [7, 11) is 1.58. The minimum atomic E-state index is 0.347. The molecule has 0 atom stereocenters. The summed E-state index contributed by atoms with van der Waals surface area (Å²) in [5.41, 5.74) is 0. The highest BCUT2D eigenvalue weighted by atomic mass is 35.5. The fourth-order valence-electron chi connectivity index (χ4n) is 0.634. The Bertz CT molecular complexity index is 223. The van der Waals surface area contributed by atoms with Gasteiger partial charge in [0.05, 0.1) is 0 Å². The largest absolute Gasteiger partial charge is 0.362 e. The third-order valence-corrected chi connectivity index (χ3v) is 1.26. The predicted octanol–water partition coefficient (Wildman–Crippen LogP) is 0.844. The molecule has 1 rings (SSSR count). The summed E-state index contributed by atoms with van der Waals surface area (Å²) in [5.74, 6) is 0.655. The highest BCUT2D eigenvalue weighted by molar-refractivity contribution is 6.28. The highest BCUT2D eigenvalue weighted by Gasteiger charge is 2.01. The molecule has 1 aromatic rings. The number of aromatic nitrogens is 3. The Morgan fingerprint density at radius 3 is 2.80 bits per heavy atom. The maximum Gasteiger partial charge on any atom is 0.223 e. The third kappa shape index (κ3) is 1.46. The van der Waals surface area contributed by atoms with Crippen LogP contribution >= 0.6 is 11.6 Å². The van der Waals surface area contributed by atoms with Crippen molar-refractivity contribution in [3.05, 3.63) is 11.1 Å². The number of hydrogen-bond acceptors (Lipinski definition) is 3. The lowest BCUT2D eigenvalue weighted by Crippen LogP contribution is -2.01. The van der Waals surface area contributed by atoms with Gasteiger partial charge in [-0.15, -0.1) is 0 Å². The average Bonchev–Trinajstić information content (AvgIpc) is 2.13. The summed E-state index contributed by atoms with van der Waals surface area (Å²) in [6.45, 7) is 2.12. The van der Waals surface area contributed by atoms with Crippen molar-refractivity contribution in [3.63, 3.8) is 0 Å². The van der Waals surface area contributed by atoms with Crippen LogP contribution in [0, 0.1) is 6.92 Å². The first kappa shape index (κ1) is 7.50. The molecule has 0 spiro atoms. The van der Waals surface area contributed by atoms with Gasteiger partial charge in [0.1, 0.15) is 12.6 Å². The van der Waals surface area contributed by atoms with E-state index in [1.807, 2.05) is 0 Å². The molecule has 0 aliphatic rings. The topological polar surface area (TPSA) is 39.9 Å². The molecule has 0 unspecified atom stereocenters. The molecule has 5 heteroatoms. The summed E-state index contributed by atoms with van der Waals surface area (Å²) in [5, 5.41) is 4.31. The lowest BCUT2D eigenvalue weighted by atomic mass is 10.8. The monoisotopic (exact) mass is 161 g/mol. The number of aryl methyl sites for hydroxylation is 1. The van der Waals surface area contributed by atoms with Crippen molar-refractivity contribution in [2.24, 2.45) is 0 Å². The van der Waals surface area contributed by atoms with Crippen LogP contribution in [-0.2, 0) is 11.5 Å². The Morgan fingerprint density at radius 2 is 2.40 bits per heavy atom. The van der Waals surface area contributed by atoms with Gasteiger partial charge in [-0.25, -0.2) is 9.67 Å². The molecule has 0 N–H and O–H groups in total. The van der Waals surface area contributed by atoms with Gasteiger partial charge in [-0.2, -0.15) is 5.10 Å². The van der Waals surface area contributed by atoms with E-state index in [2.05, 4.69) is 10.1 Å². The molecule has 0 aromatic carbocycles.